The van der Waals surface area contributed by atoms with Crippen LogP contribution in [0.1, 0.15) is 0 Å². The summed E-state index contributed by atoms with van der Waals surface area (Å²) in [7, 11) is 2.16. The number of fused-ring (bicyclic) bond motifs is 1. The second kappa shape index (κ2) is 5.00. The van der Waals surface area contributed by atoms with Crippen LogP contribution in [0.4, 0.5) is 5.69 Å². The van der Waals surface area contributed by atoms with Crippen LogP contribution in [-0.2, 0) is 0 Å². The summed E-state index contributed by atoms with van der Waals surface area (Å²) in [6.45, 7) is 5.45. The minimum atomic E-state index is 0.990. The molecule has 1 saturated heterocycles. The molecule has 0 aliphatic carbocycles. The molecule has 0 radical (unpaired) electrons. The average Bonchev–Trinajstić information content (AvgIpc) is 2.84. The Hall–Kier alpha value is -1.52. The van der Waals surface area contributed by atoms with Crippen LogP contribution in [0.2, 0.25) is 0 Å². The molecule has 0 atom stereocenters. The topological polar surface area (TPSA) is 34.3 Å². The summed E-state index contributed by atoms with van der Waals surface area (Å²) >= 11 is 0. The molecule has 4 heteroatoms. The SMILES string of the molecule is CN(CN1CCNCC1)c1c[nH]c2ccccc12. The molecular weight excluding hydrogens is 224 g/mol. The molecular formula is C14H20N4. The number of nitrogens with zero attached hydrogens (tertiary/aromatic N) is 2. The first kappa shape index (κ1) is 11.6. The molecule has 0 bridgehead atoms. The number of rotatable bonds is 3. The summed E-state index contributed by atoms with van der Waals surface area (Å²) in [5.74, 6) is 0. The van der Waals surface area contributed by atoms with E-state index in [-0.39, 0.29) is 0 Å². The number of aromatic nitrogens is 1. The molecule has 96 valence electrons. The standard InChI is InChI=1S/C14H20N4/c1-17(11-18-8-6-15-7-9-18)14-10-16-13-5-3-2-4-12(13)14/h2-5,10,15-16H,6-9,11H2,1H3. The lowest BCUT2D eigenvalue weighted by Gasteiger charge is -2.32. The van der Waals surface area contributed by atoms with E-state index in [1.54, 1.807) is 0 Å². The number of hydrogen-bond donors (Lipinski definition) is 2. The number of piperazine rings is 1. The van der Waals surface area contributed by atoms with E-state index in [9.17, 15) is 0 Å². The molecule has 1 aliphatic heterocycles. The average molecular weight is 244 g/mol. The molecule has 1 aromatic heterocycles. The van der Waals surface area contributed by atoms with Crippen molar-refractivity contribution < 1.29 is 0 Å². The zero-order valence-corrected chi connectivity index (χ0v) is 10.8. The number of anilines is 1. The van der Waals surface area contributed by atoms with Crippen molar-refractivity contribution in [2.75, 3.05) is 44.8 Å². The van der Waals surface area contributed by atoms with Crippen molar-refractivity contribution in [2.24, 2.45) is 0 Å². The summed E-state index contributed by atoms with van der Waals surface area (Å²) < 4.78 is 0. The van der Waals surface area contributed by atoms with E-state index in [0.717, 1.165) is 32.8 Å². The predicted molar refractivity (Wildman–Crippen MR) is 76.0 cm³/mol. The predicted octanol–water partition coefficient (Wildman–Crippen LogP) is 1.47. The number of para-hydroxylation sites is 1. The van der Waals surface area contributed by atoms with E-state index in [4.69, 9.17) is 0 Å². The number of nitrogens with one attached hydrogen (secondary N) is 2. The van der Waals surface area contributed by atoms with E-state index < -0.39 is 0 Å². The first-order valence-corrected chi connectivity index (χ1v) is 6.55. The zero-order chi connectivity index (χ0) is 12.4. The Morgan fingerprint density at radius 2 is 2.00 bits per heavy atom. The monoisotopic (exact) mass is 244 g/mol. The number of aromatic amines is 1. The van der Waals surface area contributed by atoms with E-state index in [0.29, 0.717) is 0 Å². The van der Waals surface area contributed by atoms with Gasteiger partial charge in [-0.05, 0) is 6.07 Å². The van der Waals surface area contributed by atoms with Crippen LogP contribution in [0.5, 0.6) is 0 Å². The first-order valence-electron chi connectivity index (χ1n) is 6.55. The molecule has 3 rings (SSSR count). The number of benzene rings is 1. The third-order valence-electron chi connectivity index (χ3n) is 3.60. The normalized spacial score (nSPS) is 17.2. The van der Waals surface area contributed by atoms with Crippen LogP contribution < -0.4 is 10.2 Å². The summed E-state index contributed by atoms with van der Waals surface area (Å²) in [4.78, 5) is 8.14. The second-order valence-corrected chi connectivity index (χ2v) is 4.93. The lowest BCUT2D eigenvalue weighted by Crippen LogP contribution is -2.47. The molecule has 1 fully saturated rings. The van der Waals surface area contributed by atoms with Crippen LogP contribution >= 0.6 is 0 Å². The largest absolute Gasteiger partial charge is 0.360 e. The molecule has 0 amide bonds. The van der Waals surface area contributed by atoms with Crippen molar-refractivity contribution in [2.45, 2.75) is 0 Å². The van der Waals surface area contributed by atoms with Gasteiger partial charge in [-0.1, -0.05) is 18.2 Å². The van der Waals surface area contributed by atoms with E-state index in [1.807, 2.05) is 0 Å². The summed E-state index contributed by atoms with van der Waals surface area (Å²) in [5, 5.41) is 4.69. The van der Waals surface area contributed by atoms with Crippen molar-refractivity contribution in [1.82, 2.24) is 15.2 Å². The van der Waals surface area contributed by atoms with Gasteiger partial charge in [-0.15, -0.1) is 0 Å². The number of H-pyrrole nitrogens is 1. The van der Waals surface area contributed by atoms with Gasteiger partial charge in [0.2, 0.25) is 0 Å². The van der Waals surface area contributed by atoms with Gasteiger partial charge in [0, 0.05) is 50.3 Å². The van der Waals surface area contributed by atoms with Gasteiger partial charge in [-0.2, -0.15) is 0 Å². The quantitative estimate of drug-likeness (QED) is 0.858. The fourth-order valence-electron chi connectivity index (χ4n) is 2.60. The Balaban J connectivity index is 1.76. The van der Waals surface area contributed by atoms with Crippen LogP contribution in [-0.4, -0.2) is 49.8 Å². The summed E-state index contributed by atoms with van der Waals surface area (Å²) in [6, 6.07) is 8.46. The van der Waals surface area contributed by atoms with E-state index in [1.165, 1.54) is 16.6 Å². The molecule has 2 N–H and O–H groups in total. The van der Waals surface area contributed by atoms with E-state index in [2.05, 4.69) is 57.6 Å². The number of hydrogen-bond acceptors (Lipinski definition) is 3. The smallest absolute Gasteiger partial charge is 0.0705 e. The maximum atomic E-state index is 3.39. The molecule has 4 nitrogen and oxygen atoms in total. The van der Waals surface area contributed by atoms with Gasteiger partial charge >= 0.3 is 0 Å². The summed E-state index contributed by atoms with van der Waals surface area (Å²) in [5.41, 5.74) is 2.49. The molecule has 2 aromatic rings. The molecule has 0 unspecified atom stereocenters. The Bertz CT molecular complexity index is 513. The highest BCUT2D eigenvalue weighted by Crippen LogP contribution is 2.25. The van der Waals surface area contributed by atoms with Gasteiger partial charge in [-0.25, -0.2) is 0 Å². The Labute approximate surface area is 108 Å². The first-order chi connectivity index (χ1) is 8.84. The molecule has 18 heavy (non-hydrogen) atoms. The second-order valence-electron chi connectivity index (χ2n) is 4.93. The van der Waals surface area contributed by atoms with Crippen molar-refractivity contribution in [3.8, 4) is 0 Å². The third-order valence-corrected chi connectivity index (χ3v) is 3.60. The van der Waals surface area contributed by atoms with Crippen LogP contribution in [0.25, 0.3) is 10.9 Å². The highest BCUT2D eigenvalue weighted by atomic mass is 15.3. The van der Waals surface area contributed by atoms with Crippen molar-refractivity contribution in [1.29, 1.82) is 0 Å². The van der Waals surface area contributed by atoms with Crippen LogP contribution in [0.15, 0.2) is 30.5 Å². The van der Waals surface area contributed by atoms with Gasteiger partial charge in [0.05, 0.1) is 12.4 Å². The Kier molecular flexibility index (Phi) is 3.21. The maximum absolute atomic E-state index is 3.39. The third kappa shape index (κ3) is 2.21. The maximum Gasteiger partial charge on any atom is 0.0705 e. The van der Waals surface area contributed by atoms with Gasteiger partial charge in [0.25, 0.3) is 0 Å². The van der Waals surface area contributed by atoms with E-state index >= 15 is 0 Å². The Morgan fingerprint density at radius 3 is 2.83 bits per heavy atom. The molecule has 1 aliphatic rings. The lowest BCUT2D eigenvalue weighted by molar-refractivity contribution is 0.244. The minimum absolute atomic E-state index is 0.990. The van der Waals surface area contributed by atoms with Gasteiger partial charge in [0.1, 0.15) is 0 Å². The fourth-order valence-corrected chi connectivity index (χ4v) is 2.60. The van der Waals surface area contributed by atoms with Crippen LogP contribution in [0.3, 0.4) is 0 Å². The van der Waals surface area contributed by atoms with Gasteiger partial charge in [-0.3, -0.25) is 4.90 Å². The molecule has 0 spiro atoms. The highest BCUT2D eigenvalue weighted by molar-refractivity contribution is 5.92. The Morgan fingerprint density at radius 1 is 1.22 bits per heavy atom. The highest BCUT2D eigenvalue weighted by Gasteiger charge is 2.13. The van der Waals surface area contributed by atoms with Crippen LogP contribution in [0, 0.1) is 0 Å². The lowest BCUT2D eigenvalue weighted by atomic mass is 10.2. The molecule has 0 saturated carbocycles. The molecule has 1 aromatic carbocycles. The van der Waals surface area contributed by atoms with Gasteiger partial charge < -0.3 is 15.2 Å². The van der Waals surface area contributed by atoms with Gasteiger partial charge in [0.15, 0.2) is 0 Å². The van der Waals surface area contributed by atoms with Crippen molar-refractivity contribution in [3.05, 3.63) is 30.5 Å². The fraction of sp³-hybridized carbons (Fsp3) is 0.429. The van der Waals surface area contributed by atoms with Crippen molar-refractivity contribution >= 4 is 16.6 Å². The zero-order valence-electron chi connectivity index (χ0n) is 10.8. The minimum Gasteiger partial charge on any atom is -0.360 e. The molecule has 2 heterocycles. The summed E-state index contributed by atoms with van der Waals surface area (Å²) in [6.07, 6.45) is 2.10. The van der Waals surface area contributed by atoms with Crippen molar-refractivity contribution in [3.63, 3.8) is 0 Å².